The SMILES string of the molecule is Cc1noc(C)c1CN1CCN(C(=O)Cn2ccc(C(F)(F)F)n2)CC1. The summed E-state index contributed by atoms with van der Waals surface area (Å²) in [6.45, 7) is 6.69. The van der Waals surface area contributed by atoms with Gasteiger partial charge >= 0.3 is 6.18 Å². The lowest BCUT2D eigenvalue weighted by atomic mass is 10.2. The summed E-state index contributed by atoms with van der Waals surface area (Å²) in [5.41, 5.74) is 0.927. The fourth-order valence-corrected chi connectivity index (χ4v) is 2.95. The Labute approximate surface area is 148 Å². The molecule has 1 saturated heterocycles. The van der Waals surface area contributed by atoms with E-state index < -0.39 is 11.9 Å². The van der Waals surface area contributed by atoms with Gasteiger partial charge in [-0.05, 0) is 19.9 Å². The Balaban J connectivity index is 1.51. The van der Waals surface area contributed by atoms with Crippen molar-refractivity contribution in [2.24, 2.45) is 0 Å². The molecule has 2 aromatic heterocycles. The fraction of sp³-hybridized carbons (Fsp3) is 0.562. The van der Waals surface area contributed by atoms with Gasteiger partial charge in [0.15, 0.2) is 5.69 Å². The number of rotatable bonds is 4. The first kappa shape index (κ1) is 18.4. The molecule has 3 rings (SSSR count). The molecule has 142 valence electrons. The van der Waals surface area contributed by atoms with Gasteiger partial charge < -0.3 is 9.42 Å². The van der Waals surface area contributed by atoms with Crippen molar-refractivity contribution in [3.05, 3.63) is 35.0 Å². The maximum atomic E-state index is 12.6. The summed E-state index contributed by atoms with van der Waals surface area (Å²) in [4.78, 5) is 16.2. The molecule has 0 aliphatic carbocycles. The summed E-state index contributed by atoms with van der Waals surface area (Å²) in [5.74, 6) is 0.555. The number of aromatic nitrogens is 3. The van der Waals surface area contributed by atoms with E-state index in [1.54, 1.807) is 4.90 Å². The van der Waals surface area contributed by atoms with E-state index in [0.29, 0.717) is 32.7 Å². The lowest BCUT2D eigenvalue weighted by Crippen LogP contribution is -2.49. The van der Waals surface area contributed by atoms with Gasteiger partial charge in [0.05, 0.1) is 5.69 Å². The number of carbonyl (C=O) groups excluding carboxylic acids is 1. The number of amides is 1. The van der Waals surface area contributed by atoms with Crippen molar-refractivity contribution in [2.45, 2.75) is 33.1 Å². The minimum absolute atomic E-state index is 0.194. The molecule has 1 amide bonds. The lowest BCUT2D eigenvalue weighted by Gasteiger charge is -2.34. The van der Waals surface area contributed by atoms with E-state index in [1.165, 1.54) is 6.20 Å². The Bertz CT molecular complexity index is 756. The van der Waals surface area contributed by atoms with Crippen molar-refractivity contribution in [1.82, 2.24) is 24.7 Å². The van der Waals surface area contributed by atoms with Gasteiger partial charge in [-0.1, -0.05) is 5.16 Å². The van der Waals surface area contributed by atoms with Gasteiger partial charge in [0.2, 0.25) is 5.91 Å². The smallest absolute Gasteiger partial charge is 0.361 e. The number of piperazine rings is 1. The van der Waals surface area contributed by atoms with Crippen molar-refractivity contribution in [3.8, 4) is 0 Å². The van der Waals surface area contributed by atoms with Crippen molar-refractivity contribution in [1.29, 1.82) is 0 Å². The molecule has 0 N–H and O–H groups in total. The summed E-state index contributed by atoms with van der Waals surface area (Å²) < 4.78 is 43.9. The van der Waals surface area contributed by atoms with E-state index in [1.807, 2.05) is 13.8 Å². The highest BCUT2D eigenvalue weighted by Gasteiger charge is 2.33. The molecule has 1 aliphatic heterocycles. The predicted octanol–water partition coefficient (Wildman–Crippen LogP) is 1.85. The third-order valence-electron chi connectivity index (χ3n) is 4.52. The van der Waals surface area contributed by atoms with Gasteiger partial charge in [0, 0.05) is 44.5 Å². The van der Waals surface area contributed by atoms with E-state index in [9.17, 15) is 18.0 Å². The quantitative estimate of drug-likeness (QED) is 0.821. The molecule has 0 aromatic carbocycles. The Hall–Kier alpha value is -2.36. The van der Waals surface area contributed by atoms with Crippen LogP contribution < -0.4 is 0 Å². The number of alkyl halides is 3. The molecule has 3 heterocycles. The Morgan fingerprint density at radius 2 is 1.92 bits per heavy atom. The molecule has 0 bridgehead atoms. The Morgan fingerprint density at radius 1 is 1.23 bits per heavy atom. The minimum atomic E-state index is -4.50. The third-order valence-corrected chi connectivity index (χ3v) is 4.52. The second-order valence-corrected chi connectivity index (χ2v) is 6.36. The Kier molecular flexibility index (Phi) is 5.03. The lowest BCUT2D eigenvalue weighted by molar-refractivity contribution is -0.142. The third kappa shape index (κ3) is 4.06. The van der Waals surface area contributed by atoms with Gasteiger partial charge in [-0.3, -0.25) is 14.4 Å². The van der Waals surface area contributed by atoms with Gasteiger partial charge in [-0.25, -0.2) is 0 Å². The van der Waals surface area contributed by atoms with Crippen LogP contribution in [0.1, 0.15) is 22.7 Å². The van der Waals surface area contributed by atoms with Crippen LogP contribution in [0.15, 0.2) is 16.8 Å². The van der Waals surface area contributed by atoms with Gasteiger partial charge in [-0.15, -0.1) is 0 Å². The van der Waals surface area contributed by atoms with Crippen LogP contribution in [0, 0.1) is 13.8 Å². The van der Waals surface area contributed by atoms with Crippen LogP contribution in [0.3, 0.4) is 0 Å². The van der Waals surface area contributed by atoms with E-state index in [4.69, 9.17) is 4.52 Å². The molecular weight excluding hydrogens is 351 g/mol. The molecule has 0 spiro atoms. The van der Waals surface area contributed by atoms with Crippen LogP contribution >= 0.6 is 0 Å². The molecular formula is C16H20F3N5O2. The van der Waals surface area contributed by atoms with E-state index in [0.717, 1.165) is 27.8 Å². The number of nitrogens with zero attached hydrogens (tertiary/aromatic N) is 5. The zero-order chi connectivity index (χ0) is 18.9. The molecule has 0 unspecified atom stereocenters. The highest BCUT2D eigenvalue weighted by atomic mass is 19.4. The zero-order valence-corrected chi connectivity index (χ0v) is 14.6. The minimum Gasteiger partial charge on any atom is -0.361 e. The van der Waals surface area contributed by atoms with Crippen LogP contribution in [0.25, 0.3) is 0 Å². The summed E-state index contributed by atoms with van der Waals surface area (Å²) in [6.07, 6.45) is -3.33. The number of hydrogen-bond acceptors (Lipinski definition) is 5. The van der Waals surface area contributed by atoms with Crippen molar-refractivity contribution in [2.75, 3.05) is 26.2 Å². The maximum Gasteiger partial charge on any atom is 0.435 e. The average molecular weight is 371 g/mol. The number of halogens is 3. The largest absolute Gasteiger partial charge is 0.435 e. The molecule has 7 nitrogen and oxygen atoms in total. The molecule has 0 radical (unpaired) electrons. The van der Waals surface area contributed by atoms with Crippen LogP contribution in [0.2, 0.25) is 0 Å². The summed E-state index contributed by atoms with van der Waals surface area (Å²) in [6, 6.07) is 0.870. The maximum absolute atomic E-state index is 12.6. The first-order valence-electron chi connectivity index (χ1n) is 8.26. The van der Waals surface area contributed by atoms with E-state index in [2.05, 4.69) is 15.2 Å². The molecule has 0 saturated carbocycles. The van der Waals surface area contributed by atoms with Gasteiger partial charge in [-0.2, -0.15) is 18.3 Å². The second-order valence-electron chi connectivity index (χ2n) is 6.36. The Morgan fingerprint density at radius 3 is 2.46 bits per heavy atom. The van der Waals surface area contributed by atoms with E-state index in [-0.39, 0.29) is 12.5 Å². The molecule has 10 heteroatoms. The highest BCUT2D eigenvalue weighted by Crippen LogP contribution is 2.27. The average Bonchev–Trinajstić information content (AvgIpc) is 3.17. The van der Waals surface area contributed by atoms with Gasteiger partial charge in [0.1, 0.15) is 12.3 Å². The second kappa shape index (κ2) is 7.10. The first-order chi connectivity index (χ1) is 12.2. The van der Waals surface area contributed by atoms with Crippen LogP contribution in [0.5, 0.6) is 0 Å². The number of carbonyl (C=O) groups is 1. The van der Waals surface area contributed by atoms with Crippen molar-refractivity contribution >= 4 is 5.91 Å². The number of aryl methyl sites for hydroxylation is 2. The molecule has 1 fully saturated rings. The zero-order valence-electron chi connectivity index (χ0n) is 14.6. The summed E-state index contributed by atoms with van der Waals surface area (Å²) >= 11 is 0. The van der Waals surface area contributed by atoms with Crippen molar-refractivity contribution in [3.63, 3.8) is 0 Å². The number of hydrogen-bond donors (Lipinski definition) is 0. The predicted molar refractivity (Wildman–Crippen MR) is 85.1 cm³/mol. The normalized spacial score (nSPS) is 16.3. The summed E-state index contributed by atoms with van der Waals surface area (Å²) in [7, 11) is 0. The van der Waals surface area contributed by atoms with Crippen LogP contribution in [-0.4, -0.2) is 56.8 Å². The standard InChI is InChI=1S/C16H20F3N5O2/c1-11-13(12(2)26-21-11)9-22-5-7-23(8-6-22)15(25)10-24-4-3-14(20-24)16(17,18)19/h3-4H,5-10H2,1-2H3. The molecule has 1 aliphatic rings. The van der Waals surface area contributed by atoms with Gasteiger partial charge in [0.25, 0.3) is 0 Å². The fourth-order valence-electron chi connectivity index (χ4n) is 2.95. The summed E-state index contributed by atoms with van der Waals surface area (Å²) in [5, 5.41) is 7.35. The molecule has 26 heavy (non-hydrogen) atoms. The monoisotopic (exact) mass is 371 g/mol. The first-order valence-corrected chi connectivity index (χ1v) is 8.26. The van der Waals surface area contributed by atoms with E-state index >= 15 is 0 Å². The molecule has 2 aromatic rings. The van der Waals surface area contributed by atoms with Crippen molar-refractivity contribution < 1.29 is 22.5 Å². The highest BCUT2D eigenvalue weighted by molar-refractivity contribution is 5.76. The molecule has 0 atom stereocenters. The van der Waals surface area contributed by atoms with Crippen LogP contribution in [0.4, 0.5) is 13.2 Å². The topological polar surface area (TPSA) is 67.4 Å². The van der Waals surface area contributed by atoms with Crippen LogP contribution in [-0.2, 0) is 24.1 Å².